The molecule has 6 heteroatoms. The van der Waals surface area contributed by atoms with Gasteiger partial charge in [-0.2, -0.15) is 0 Å². The Morgan fingerprint density at radius 2 is 0.616 bits per heavy atom. The van der Waals surface area contributed by atoms with Crippen molar-refractivity contribution in [3.63, 3.8) is 0 Å². The summed E-state index contributed by atoms with van der Waals surface area (Å²) in [5, 5.41) is 0. The lowest BCUT2D eigenvalue weighted by Gasteiger charge is -2.18. The summed E-state index contributed by atoms with van der Waals surface area (Å²) in [4.78, 5) is 38.2. The van der Waals surface area contributed by atoms with Crippen LogP contribution in [0.5, 0.6) is 0 Å². The molecule has 0 saturated carbocycles. The number of carbonyl (C=O) groups excluding carboxylic acids is 3. The first kappa shape index (κ1) is 69.1. The molecule has 0 spiro atoms. The average molecular weight is 1010 g/mol. The van der Waals surface area contributed by atoms with E-state index in [9.17, 15) is 14.4 Å². The van der Waals surface area contributed by atoms with Crippen molar-refractivity contribution in [1.29, 1.82) is 0 Å². The molecule has 1 atom stereocenters. The second-order valence-corrected chi connectivity index (χ2v) is 19.9. The Kier molecular flexibility index (Phi) is 57.4. The summed E-state index contributed by atoms with van der Waals surface area (Å²) in [5.41, 5.74) is 0. The third-order valence-corrected chi connectivity index (χ3v) is 12.8. The highest BCUT2D eigenvalue weighted by Gasteiger charge is 2.19. The highest BCUT2D eigenvalue weighted by molar-refractivity contribution is 5.71. The van der Waals surface area contributed by atoms with E-state index in [0.29, 0.717) is 12.8 Å². The highest BCUT2D eigenvalue weighted by Crippen LogP contribution is 2.16. The normalized spacial score (nSPS) is 12.9. The second kappa shape index (κ2) is 60.6. The molecule has 0 radical (unpaired) electrons. The van der Waals surface area contributed by atoms with E-state index in [1.54, 1.807) is 0 Å². The topological polar surface area (TPSA) is 78.9 Å². The van der Waals surface area contributed by atoms with Crippen LogP contribution in [0.2, 0.25) is 0 Å². The molecule has 0 amide bonds. The molecule has 0 bridgehead atoms. The van der Waals surface area contributed by atoms with E-state index in [1.165, 1.54) is 128 Å². The van der Waals surface area contributed by atoms with Gasteiger partial charge >= 0.3 is 17.9 Å². The van der Waals surface area contributed by atoms with Crippen LogP contribution >= 0.6 is 0 Å². The third kappa shape index (κ3) is 58.8. The van der Waals surface area contributed by atoms with Gasteiger partial charge in [0.1, 0.15) is 13.2 Å². The van der Waals surface area contributed by atoms with Gasteiger partial charge in [-0.15, -0.1) is 0 Å². The summed E-state index contributed by atoms with van der Waals surface area (Å²) in [6, 6.07) is 0. The molecule has 0 N–H and O–H groups in total. The lowest BCUT2D eigenvalue weighted by molar-refractivity contribution is -0.166. The Morgan fingerprint density at radius 3 is 1.00 bits per heavy atom. The van der Waals surface area contributed by atoms with Crippen LogP contribution < -0.4 is 0 Å². The van der Waals surface area contributed by atoms with Gasteiger partial charge < -0.3 is 14.2 Å². The molecule has 1 unspecified atom stereocenters. The van der Waals surface area contributed by atoms with Gasteiger partial charge in [0.15, 0.2) is 6.10 Å². The maximum atomic E-state index is 12.9. The van der Waals surface area contributed by atoms with Crippen molar-refractivity contribution in [2.75, 3.05) is 13.2 Å². The Balaban J connectivity index is 4.53. The Morgan fingerprint density at radius 1 is 0.301 bits per heavy atom. The number of rotatable bonds is 54. The number of carbonyl (C=O) groups is 3. The summed E-state index contributed by atoms with van der Waals surface area (Å²) in [6.45, 7) is 6.45. The van der Waals surface area contributed by atoms with Crippen LogP contribution in [0.1, 0.15) is 278 Å². The summed E-state index contributed by atoms with van der Waals surface area (Å²) in [7, 11) is 0. The molecular formula is C67H112O6. The fraction of sp³-hybridized carbons (Fsp3) is 0.687. The van der Waals surface area contributed by atoms with Crippen LogP contribution in [0.25, 0.3) is 0 Å². The van der Waals surface area contributed by atoms with E-state index in [-0.39, 0.29) is 44.0 Å². The first-order valence-electron chi connectivity index (χ1n) is 30.4. The lowest BCUT2D eigenvalue weighted by atomic mass is 10.0. The van der Waals surface area contributed by atoms with E-state index in [0.717, 1.165) is 103 Å². The van der Waals surface area contributed by atoms with Gasteiger partial charge in [-0.05, 0) is 83.5 Å². The van der Waals surface area contributed by atoms with Gasteiger partial charge in [0.25, 0.3) is 0 Å². The number of hydrogen-bond donors (Lipinski definition) is 0. The molecule has 0 aliphatic rings. The lowest BCUT2D eigenvalue weighted by Crippen LogP contribution is -2.30. The summed E-state index contributed by atoms with van der Waals surface area (Å²) in [5.74, 6) is -1.01. The van der Waals surface area contributed by atoms with Crippen LogP contribution in [0, 0.1) is 0 Å². The minimum absolute atomic E-state index is 0.109. The smallest absolute Gasteiger partial charge is 0.306 e. The van der Waals surface area contributed by atoms with Crippen LogP contribution in [0.15, 0.2) is 109 Å². The molecule has 73 heavy (non-hydrogen) atoms. The first-order valence-corrected chi connectivity index (χ1v) is 30.4. The van der Waals surface area contributed by atoms with Crippen molar-refractivity contribution < 1.29 is 28.6 Å². The zero-order chi connectivity index (χ0) is 52.9. The van der Waals surface area contributed by atoms with Crippen molar-refractivity contribution in [3.05, 3.63) is 109 Å². The van der Waals surface area contributed by atoms with Gasteiger partial charge in [0, 0.05) is 19.3 Å². The number of allylic oxidation sites excluding steroid dienone is 18. The second-order valence-electron chi connectivity index (χ2n) is 19.9. The molecule has 0 aliphatic carbocycles. The molecule has 0 fully saturated rings. The minimum atomic E-state index is -0.821. The largest absolute Gasteiger partial charge is 0.462 e. The molecule has 0 aromatic heterocycles. The van der Waals surface area contributed by atoms with E-state index >= 15 is 0 Å². The van der Waals surface area contributed by atoms with E-state index in [2.05, 4.69) is 124 Å². The summed E-state index contributed by atoms with van der Waals surface area (Å²) >= 11 is 0. The van der Waals surface area contributed by atoms with Gasteiger partial charge in [-0.25, -0.2) is 0 Å². The highest BCUT2D eigenvalue weighted by atomic mass is 16.6. The maximum absolute atomic E-state index is 12.9. The molecular weight excluding hydrogens is 901 g/mol. The van der Waals surface area contributed by atoms with Crippen molar-refractivity contribution in [1.82, 2.24) is 0 Å². The number of unbranched alkanes of at least 4 members (excludes halogenated alkanes) is 27. The van der Waals surface area contributed by atoms with E-state index in [1.807, 2.05) is 6.08 Å². The Labute approximate surface area is 450 Å². The van der Waals surface area contributed by atoms with Crippen LogP contribution in [-0.2, 0) is 28.6 Å². The zero-order valence-corrected chi connectivity index (χ0v) is 47.6. The quantitative estimate of drug-likeness (QED) is 0.0199. The van der Waals surface area contributed by atoms with Gasteiger partial charge in [-0.1, -0.05) is 284 Å². The average Bonchev–Trinajstić information content (AvgIpc) is 3.39. The number of hydrogen-bond acceptors (Lipinski definition) is 6. The van der Waals surface area contributed by atoms with Crippen molar-refractivity contribution in [2.45, 2.75) is 284 Å². The molecule has 416 valence electrons. The van der Waals surface area contributed by atoms with Crippen LogP contribution in [0.3, 0.4) is 0 Å². The SMILES string of the molecule is CC/C=C\C/C=C\C/C=C\C/C=C\C/C=C\C/C=C\CCC(=O)OCC(COC(=O)CCCCCCCCCCCCCCCCCCCC)OC(=O)CCCCCCC\C=C/C=C\C=C/CCCCCCC. The standard InChI is InChI=1S/C67H112O6/c1-4-7-10-13-16-19-22-25-28-31-34-37-39-42-45-48-51-54-57-60-66(69)72-63-64(73-67(70)61-58-55-52-49-46-43-40-36-33-30-27-24-21-18-15-12-9-6-3)62-71-65(68)59-56-53-50-47-44-41-38-35-32-29-26-23-20-17-14-11-8-5-2/h7,10,16,19,24-25,27-28,30,33-34,36-37,40,42,45,51,54,64H,4-6,8-9,11-15,17-18,20-23,26,29,31-32,35,38-39,41,43-44,46-50,52-53,55-63H2,1-3H3/b10-7-,19-16-,27-24-,28-25-,33-30-,37-34-,40-36-,45-42-,54-51-. The molecule has 0 aliphatic heterocycles. The molecule has 0 rings (SSSR count). The maximum Gasteiger partial charge on any atom is 0.306 e. The van der Waals surface area contributed by atoms with E-state index in [4.69, 9.17) is 14.2 Å². The fourth-order valence-electron chi connectivity index (χ4n) is 8.29. The first-order chi connectivity index (χ1) is 36.0. The molecule has 0 aromatic rings. The summed E-state index contributed by atoms with van der Waals surface area (Å²) < 4.78 is 16.8. The Hall–Kier alpha value is -3.93. The molecule has 6 nitrogen and oxygen atoms in total. The summed E-state index contributed by atoms with van der Waals surface area (Å²) in [6.07, 6.45) is 82.4. The third-order valence-electron chi connectivity index (χ3n) is 12.8. The van der Waals surface area contributed by atoms with Crippen molar-refractivity contribution in [2.24, 2.45) is 0 Å². The predicted octanol–water partition coefficient (Wildman–Crippen LogP) is 20.7. The number of esters is 3. The van der Waals surface area contributed by atoms with Crippen molar-refractivity contribution in [3.8, 4) is 0 Å². The molecule has 0 heterocycles. The minimum Gasteiger partial charge on any atom is -0.462 e. The van der Waals surface area contributed by atoms with E-state index < -0.39 is 6.10 Å². The zero-order valence-electron chi connectivity index (χ0n) is 47.6. The molecule has 0 aromatic carbocycles. The van der Waals surface area contributed by atoms with Crippen molar-refractivity contribution >= 4 is 17.9 Å². The van der Waals surface area contributed by atoms with Gasteiger partial charge in [0.2, 0.25) is 0 Å². The monoisotopic (exact) mass is 1010 g/mol. The Bertz CT molecular complexity index is 1490. The predicted molar refractivity (Wildman–Crippen MR) is 316 cm³/mol. The van der Waals surface area contributed by atoms with Crippen LogP contribution in [0.4, 0.5) is 0 Å². The number of ether oxygens (including phenoxy) is 3. The molecule has 0 saturated heterocycles. The van der Waals surface area contributed by atoms with Crippen LogP contribution in [-0.4, -0.2) is 37.2 Å². The van der Waals surface area contributed by atoms with Gasteiger partial charge in [-0.3, -0.25) is 14.4 Å². The van der Waals surface area contributed by atoms with Gasteiger partial charge in [0.05, 0.1) is 0 Å². The fourth-order valence-corrected chi connectivity index (χ4v) is 8.29.